The van der Waals surface area contributed by atoms with Crippen LogP contribution in [-0.4, -0.2) is 0 Å². The molecule has 0 unspecified atom stereocenters. The number of hydrogen-bond donors (Lipinski definition) is 0. The Labute approximate surface area is 351 Å². The van der Waals surface area contributed by atoms with Gasteiger partial charge < -0.3 is 14.0 Å². The van der Waals surface area contributed by atoms with Crippen molar-refractivity contribution in [2.75, 3.05) is 0 Å². The maximum absolute atomic E-state index is 15.9. The minimum Gasteiger partial charge on any atom is -0.449 e. The summed E-state index contributed by atoms with van der Waals surface area (Å²) >= 11 is 1.77. The van der Waals surface area contributed by atoms with E-state index in [1.807, 2.05) is 66.7 Å². The van der Waals surface area contributed by atoms with Crippen molar-refractivity contribution < 1.29 is 14.0 Å². The SMILES string of the molecule is O=P(c1ccccc1)(c1ccccc1)c1ccc2c(c1)C1(c3ccccc3-c3ccccc31)c1cc(-c3ccc4c(c3)Oc3cc5c(cc3O4)sc3ccccc35)ccc1-2. The van der Waals surface area contributed by atoms with Gasteiger partial charge in [-0.15, -0.1) is 11.3 Å². The lowest BCUT2D eigenvalue weighted by Crippen LogP contribution is -2.29. The third kappa shape index (κ3) is 4.58. The van der Waals surface area contributed by atoms with Gasteiger partial charge in [0.15, 0.2) is 30.1 Å². The second-order valence-electron chi connectivity index (χ2n) is 15.9. The second kappa shape index (κ2) is 12.5. The lowest BCUT2D eigenvalue weighted by molar-refractivity contribution is 0.360. The first kappa shape index (κ1) is 33.9. The Hall–Kier alpha value is -6.97. The van der Waals surface area contributed by atoms with Gasteiger partial charge in [0.05, 0.1) is 5.41 Å². The normalized spacial score (nSPS) is 13.8. The van der Waals surface area contributed by atoms with Gasteiger partial charge in [0.25, 0.3) is 0 Å². The highest BCUT2D eigenvalue weighted by Gasteiger charge is 2.52. The summed E-state index contributed by atoms with van der Waals surface area (Å²) in [5.74, 6) is 2.84. The van der Waals surface area contributed by atoms with Gasteiger partial charge in [0.2, 0.25) is 0 Å². The van der Waals surface area contributed by atoms with Gasteiger partial charge in [-0.05, 0) is 92.0 Å². The summed E-state index contributed by atoms with van der Waals surface area (Å²) in [5, 5.41) is 4.87. The second-order valence-corrected chi connectivity index (χ2v) is 19.7. The highest BCUT2D eigenvalue weighted by molar-refractivity contribution is 7.85. The summed E-state index contributed by atoms with van der Waals surface area (Å²) in [7, 11) is -3.27. The average molecular weight is 805 g/mol. The van der Waals surface area contributed by atoms with Crippen LogP contribution in [0.2, 0.25) is 0 Å². The molecule has 13 rings (SSSR count). The molecule has 282 valence electrons. The number of ether oxygens (including phenoxy) is 2. The van der Waals surface area contributed by atoms with Gasteiger partial charge in [-0.3, -0.25) is 0 Å². The average Bonchev–Trinajstić information content (AvgIpc) is 3.93. The lowest BCUT2D eigenvalue weighted by Gasteiger charge is -2.31. The van der Waals surface area contributed by atoms with Crippen LogP contribution in [0.4, 0.5) is 0 Å². The van der Waals surface area contributed by atoms with Crippen LogP contribution in [0.1, 0.15) is 22.3 Å². The Kier molecular flexibility index (Phi) is 7.08. The van der Waals surface area contributed by atoms with Crippen molar-refractivity contribution in [1.29, 1.82) is 0 Å². The predicted molar refractivity (Wildman–Crippen MR) is 247 cm³/mol. The predicted octanol–water partition coefficient (Wildman–Crippen LogP) is 13.6. The first-order valence-corrected chi connectivity index (χ1v) is 22.8. The molecule has 0 atom stereocenters. The highest BCUT2D eigenvalue weighted by atomic mass is 32.1. The highest BCUT2D eigenvalue weighted by Crippen LogP contribution is 2.63. The van der Waals surface area contributed by atoms with E-state index >= 15 is 4.57 Å². The van der Waals surface area contributed by atoms with E-state index in [1.165, 1.54) is 53.6 Å². The molecule has 0 saturated carbocycles. The van der Waals surface area contributed by atoms with E-state index in [2.05, 4.69) is 133 Å². The fraction of sp³-hybridized carbons (Fsp3) is 0.0182. The van der Waals surface area contributed by atoms with Gasteiger partial charge in [0.1, 0.15) is 0 Å². The Morgan fingerprint density at radius 3 is 1.63 bits per heavy atom. The van der Waals surface area contributed by atoms with E-state index < -0.39 is 12.6 Å². The van der Waals surface area contributed by atoms with Gasteiger partial charge in [-0.2, -0.15) is 0 Å². The van der Waals surface area contributed by atoms with Crippen LogP contribution in [0, 0.1) is 0 Å². The van der Waals surface area contributed by atoms with E-state index in [4.69, 9.17) is 9.47 Å². The Morgan fingerprint density at radius 1 is 0.367 bits per heavy atom. The molecule has 0 bridgehead atoms. The van der Waals surface area contributed by atoms with Crippen molar-refractivity contribution >= 4 is 54.6 Å². The van der Waals surface area contributed by atoms with Gasteiger partial charge in [-0.25, -0.2) is 0 Å². The van der Waals surface area contributed by atoms with Crippen LogP contribution >= 0.6 is 18.5 Å². The van der Waals surface area contributed by atoms with Crippen LogP contribution in [0.3, 0.4) is 0 Å². The maximum atomic E-state index is 15.9. The summed E-state index contributed by atoms with van der Waals surface area (Å²) in [6, 6.07) is 70.1. The molecule has 1 aromatic heterocycles. The molecule has 0 N–H and O–H groups in total. The smallest absolute Gasteiger partial charge is 0.171 e. The Morgan fingerprint density at radius 2 is 0.900 bits per heavy atom. The van der Waals surface area contributed by atoms with Gasteiger partial charge in [-0.1, -0.05) is 158 Å². The fourth-order valence-electron chi connectivity index (χ4n) is 10.2. The largest absolute Gasteiger partial charge is 0.449 e. The zero-order chi connectivity index (χ0) is 39.6. The number of benzene rings is 9. The first-order valence-electron chi connectivity index (χ1n) is 20.3. The Bertz CT molecular complexity index is 3390. The summed E-state index contributed by atoms with van der Waals surface area (Å²) in [6.45, 7) is 0. The van der Waals surface area contributed by atoms with Crippen molar-refractivity contribution in [2.45, 2.75) is 5.41 Å². The van der Waals surface area contributed by atoms with Crippen molar-refractivity contribution in [1.82, 2.24) is 0 Å². The lowest BCUT2D eigenvalue weighted by atomic mass is 9.70. The molecular weight excluding hydrogens is 772 g/mol. The van der Waals surface area contributed by atoms with Crippen LogP contribution < -0.4 is 25.4 Å². The first-order chi connectivity index (χ1) is 29.6. The van der Waals surface area contributed by atoms with Crippen LogP contribution in [0.15, 0.2) is 200 Å². The fourth-order valence-corrected chi connectivity index (χ4v) is 14.0. The summed E-state index contributed by atoms with van der Waals surface area (Å²) in [6.07, 6.45) is 0. The van der Waals surface area contributed by atoms with Crippen molar-refractivity contribution in [2.24, 2.45) is 0 Å². The molecule has 0 radical (unpaired) electrons. The van der Waals surface area contributed by atoms with E-state index in [9.17, 15) is 0 Å². The van der Waals surface area contributed by atoms with Crippen molar-refractivity contribution in [3.8, 4) is 56.4 Å². The van der Waals surface area contributed by atoms with E-state index in [0.717, 1.165) is 49.7 Å². The van der Waals surface area contributed by atoms with Gasteiger partial charge >= 0.3 is 0 Å². The monoisotopic (exact) mass is 804 g/mol. The molecule has 5 heteroatoms. The van der Waals surface area contributed by atoms with E-state index in [1.54, 1.807) is 11.3 Å². The molecule has 2 aliphatic carbocycles. The molecule has 9 aromatic carbocycles. The number of hydrogen-bond acceptors (Lipinski definition) is 4. The third-order valence-electron chi connectivity index (χ3n) is 12.8. The molecular formula is C55H33O3PS. The molecule has 60 heavy (non-hydrogen) atoms. The minimum absolute atomic E-state index is 0.635. The number of rotatable bonds is 4. The zero-order valence-electron chi connectivity index (χ0n) is 32.1. The van der Waals surface area contributed by atoms with Crippen molar-refractivity contribution in [3.63, 3.8) is 0 Å². The summed E-state index contributed by atoms with van der Waals surface area (Å²) in [5.41, 5.74) is 11.1. The third-order valence-corrected chi connectivity index (χ3v) is 17.0. The number of fused-ring (bicyclic) bond motifs is 15. The van der Waals surface area contributed by atoms with E-state index in [-0.39, 0.29) is 0 Å². The van der Waals surface area contributed by atoms with Crippen LogP contribution in [0.25, 0.3) is 53.6 Å². The molecule has 2 heterocycles. The molecule has 10 aromatic rings. The van der Waals surface area contributed by atoms with Crippen LogP contribution in [0.5, 0.6) is 23.0 Å². The molecule has 0 amide bonds. The molecule has 1 aliphatic heterocycles. The van der Waals surface area contributed by atoms with Crippen LogP contribution in [-0.2, 0) is 9.98 Å². The Balaban J connectivity index is 0.995. The van der Waals surface area contributed by atoms with E-state index in [0.29, 0.717) is 11.5 Å². The summed E-state index contributed by atoms with van der Waals surface area (Å²) in [4.78, 5) is 0. The topological polar surface area (TPSA) is 35.5 Å². The van der Waals surface area contributed by atoms with Crippen molar-refractivity contribution in [3.05, 3.63) is 222 Å². The van der Waals surface area contributed by atoms with Gasteiger partial charge in [0, 0.05) is 42.2 Å². The minimum atomic E-state index is -3.27. The molecule has 3 nitrogen and oxygen atoms in total. The molecule has 0 saturated heterocycles. The molecule has 0 fully saturated rings. The zero-order valence-corrected chi connectivity index (χ0v) is 33.8. The quantitative estimate of drug-likeness (QED) is 0.166. The number of thiophene rings is 1. The molecule has 3 aliphatic rings. The maximum Gasteiger partial charge on any atom is 0.171 e. The standard InChI is InChI=1S/C55H33O3PS/c56-59(36-13-3-1-4-14-36,37-15-5-2-6-16-37)38-25-27-42-41-26-23-34(29-47(41)55(48(42)31-38)45-20-10-7-17-39(45)40-18-8-11-21-46(40)55)35-24-28-49-50(30-35)58-51-32-44-43-19-9-12-22-53(43)60-54(44)33-52(51)57-49/h1-33H. The molecule has 1 spiro atoms. The summed E-state index contributed by atoms with van der Waals surface area (Å²) < 4.78 is 31.5.